The zero-order chi connectivity index (χ0) is 12.4. The van der Waals surface area contributed by atoms with Crippen LogP contribution in [0.15, 0.2) is 53.1 Å². The zero-order valence-electron chi connectivity index (χ0n) is 9.51. The first-order valence-electron chi connectivity index (χ1n) is 5.61. The number of fused-ring (bicyclic) bond motifs is 1. The molecular formula is C15H10ClNO. The molecule has 0 saturated carbocycles. The summed E-state index contributed by atoms with van der Waals surface area (Å²) in [5.74, 6) is 0.764. The van der Waals surface area contributed by atoms with Crippen LogP contribution in [0, 0.1) is 0 Å². The molecule has 0 unspecified atom stereocenters. The van der Waals surface area contributed by atoms with E-state index in [0.29, 0.717) is 0 Å². The van der Waals surface area contributed by atoms with Gasteiger partial charge in [0.05, 0.1) is 0 Å². The SMILES string of the molecule is Clc1ccc(/C=C/c2onc3ccccc23)cc1. The molecule has 0 N–H and O–H groups in total. The van der Waals surface area contributed by atoms with E-state index in [2.05, 4.69) is 5.16 Å². The first-order chi connectivity index (χ1) is 8.83. The van der Waals surface area contributed by atoms with Gasteiger partial charge in [-0.25, -0.2) is 0 Å². The number of halogens is 1. The fourth-order valence-electron chi connectivity index (χ4n) is 1.78. The lowest BCUT2D eigenvalue weighted by atomic mass is 10.1. The van der Waals surface area contributed by atoms with Gasteiger partial charge in [-0.2, -0.15) is 0 Å². The van der Waals surface area contributed by atoms with Crippen LogP contribution in [0.5, 0.6) is 0 Å². The maximum Gasteiger partial charge on any atom is 0.167 e. The van der Waals surface area contributed by atoms with E-state index in [-0.39, 0.29) is 0 Å². The molecule has 0 aliphatic heterocycles. The number of aromatic nitrogens is 1. The minimum absolute atomic E-state index is 0.734. The van der Waals surface area contributed by atoms with Crippen LogP contribution in [-0.4, -0.2) is 5.16 Å². The molecule has 88 valence electrons. The summed E-state index contributed by atoms with van der Waals surface area (Å²) in [6.07, 6.45) is 3.89. The molecular weight excluding hydrogens is 246 g/mol. The minimum Gasteiger partial charge on any atom is -0.356 e. The lowest BCUT2D eigenvalue weighted by Gasteiger charge is -1.92. The van der Waals surface area contributed by atoms with Crippen LogP contribution in [0.3, 0.4) is 0 Å². The fraction of sp³-hybridized carbons (Fsp3) is 0. The van der Waals surface area contributed by atoms with Crippen molar-refractivity contribution in [1.82, 2.24) is 5.16 Å². The highest BCUT2D eigenvalue weighted by Crippen LogP contribution is 2.20. The lowest BCUT2D eigenvalue weighted by molar-refractivity contribution is 0.421. The van der Waals surface area contributed by atoms with Crippen LogP contribution in [0.2, 0.25) is 5.02 Å². The number of nitrogens with zero attached hydrogens (tertiary/aromatic N) is 1. The van der Waals surface area contributed by atoms with E-state index < -0.39 is 0 Å². The highest BCUT2D eigenvalue weighted by molar-refractivity contribution is 6.30. The van der Waals surface area contributed by atoms with Crippen molar-refractivity contribution in [3.05, 3.63) is 64.9 Å². The minimum atomic E-state index is 0.734. The molecule has 0 atom stereocenters. The summed E-state index contributed by atoms with van der Waals surface area (Å²) in [7, 11) is 0. The Hall–Kier alpha value is -2.06. The van der Waals surface area contributed by atoms with Gasteiger partial charge < -0.3 is 4.52 Å². The largest absolute Gasteiger partial charge is 0.356 e. The number of hydrogen-bond donors (Lipinski definition) is 0. The second-order valence-corrected chi connectivity index (χ2v) is 4.39. The molecule has 0 radical (unpaired) electrons. The van der Waals surface area contributed by atoms with Crippen molar-refractivity contribution in [1.29, 1.82) is 0 Å². The molecule has 3 aromatic rings. The zero-order valence-corrected chi connectivity index (χ0v) is 10.3. The van der Waals surface area contributed by atoms with Crippen molar-refractivity contribution in [2.24, 2.45) is 0 Å². The summed E-state index contributed by atoms with van der Waals surface area (Å²) < 4.78 is 5.30. The summed E-state index contributed by atoms with van der Waals surface area (Å²) in [6, 6.07) is 15.5. The van der Waals surface area contributed by atoms with Gasteiger partial charge in [0, 0.05) is 10.4 Å². The van der Waals surface area contributed by atoms with Crippen molar-refractivity contribution in [2.45, 2.75) is 0 Å². The van der Waals surface area contributed by atoms with Gasteiger partial charge in [-0.1, -0.05) is 47.1 Å². The Morgan fingerprint density at radius 3 is 2.56 bits per heavy atom. The molecule has 0 bridgehead atoms. The van der Waals surface area contributed by atoms with Crippen LogP contribution in [0.25, 0.3) is 23.1 Å². The number of rotatable bonds is 2. The van der Waals surface area contributed by atoms with Crippen molar-refractivity contribution in [3.63, 3.8) is 0 Å². The Morgan fingerprint density at radius 1 is 0.944 bits per heavy atom. The third-order valence-electron chi connectivity index (χ3n) is 2.71. The first-order valence-corrected chi connectivity index (χ1v) is 5.99. The number of benzene rings is 2. The quantitative estimate of drug-likeness (QED) is 0.666. The van der Waals surface area contributed by atoms with Crippen molar-refractivity contribution >= 4 is 34.7 Å². The van der Waals surface area contributed by atoms with Crippen LogP contribution < -0.4 is 0 Å². The summed E-state index contributed by atoms with van der Waals surface area (Å²) in [5.41, 5.74) is 1.94. The van der Waals surface area contributed by atoms with Gasteiger partial charge in [-0.05, 0) is 35.9 Å². The summed E-state index contributed by atoms with van der Waals surface area (Å²) in [6.45, 7) is 0. The van der Waals surface area contributed by atoms with Crippen LogP contribution in [0.1, 0.15) is 11.3 Å². The Bertz CT molecular complexity index is 698. The summed E-state index contributed by atoms with van der Waals surface area (Å²) >= 11 is 5.84. The highest BCUT2D eigenvalue weighted by atomic mass is 35.5. The molecule has 0 aliphatic carbocycles. The van der Waals surface area contributed by atoms with E-state index in [4.69, 9.17) is 16.1 Å². The van der Waals surface area contributed by atoms with E-state index >= 15 is 0 Å². The van der Waals surface area contributed by atoms with Crippen LogP contribution in [0.4, 0.5) is 0 Å². The van der Waals surface area contributed by atoms with Gasteiger partial charge in [0.1, 0.15) is 5.52 Å². The average Bonchev–Trinajstić information content (AvgIpc) is 2.82. The van der Waals surface area contributed by atoms with Gasteiger partial charge in [-0.15, -0.1) is 0 Å². The number of hydrogen-bond acceptors (Lipinski definition) is 2. The third-order valence-corrected chi connectivity index (χ3v) is 2.96. The predicted molar refractivity (Wildman–Crippen MR) is 74.4 cm³/mol. The summed E-state index contributed by atoms with van der Waals surface area (Å²) in [4.78, 5) is 0. The van der Waals surface area contributed by atoms with Crippen molar-refractivity contribution < 1.29 is 4.52 Å². The fourth-order valence-corrected chi connectivity index (χ4v) is 1.90. The van der Waals surface area contributed by atoms with Crippen LogP contribution >= 0.6 is 11.6 Å². The second-order valence-electron chi connectivity index (χ2n) is 3.95. The van der Waals surface area contributed by atoms with E-state index in [0.717, 1.165) is 27.2 Å². The lowest BCUT2D eigenvalue weighted by Crippen LogP contribution is -1.71. The van der Waals surface area contributed by atoms with Crippen LogP contribution in [-0.2, 0) is 0 Å². The third kappa shape index (κ3) is 2.15. The molecule has 0 amide bonds. The van der Waals surface area contributed by atoms with Gasteiger partial charge >= 0.3 is 0 Å². The first kappa shape index (κ1) is 11.1. The molecule has 18 heavy (non-hydrogen) atoms. The Labute approximate surface area is 109 Å². The molecule has 0 saturated heterocycles. The van der Waals surface area contributed by atoms with Crippen molar-refractivity contribution in [2.75, 3.05) is 0 Å². The van der Waals surface area contributed by atoms with Gasteiger partial charge in [0.15, 0.2) is 5.76 Å². The molecule has 3 heteroatoms. The Morgan fingerprint density at radius 2 is 1.72 bits per heavy atom. The topological polar surface area (TPSA) is 26.0 Å². The Kier molecular flexibility index (Phi) is 2.87. The predicted octanol–water partition coefficient (Wildman–Crippen LogP) is 4.65. The van der Waals surface area contributed by atoms with E-state index in [1.165, 1.54) is 0 Å². The molecule has 2 aromatic carbocycles. The molecule has 2 nitrogen and oxygen atoms in total. The molecule has 3 rings (SSSR count). The smallest absolute Gasteiger partial charge is 0.167 e. The standard InChI is InChI=1S/C15H10ClNO/c16-12-8-5-11(6-9-12)7-10-15-13-3-1-2-4-14(13)17-18-15/h1-10H/b10-7+. The maximum atomic E-state index is 5.84. The highest BCUT2D eigenvalue weighted by Gasteiger charge is 2.03. The van der Waals surface area contributed by atoms with E-state index in [1.807, 2.05) is 60.7 Å². The second kappa shape index (κ2) is 4.67. The van der Waals surface area contributed by atoms with Gasteiger partial charge in [0.2, 0.25) is 0 Å². The normalized spacial score (nSPS) is 11.4. The molecule has 0 aliphatic rings. The van der Waals surface area contributed by atoms with E-state index in [1.54, 1.807) is 0 Å². The summed E-state index contributed by atoms with van der Waals surface area (Å²) in [5, 5.41) is 5.75. The molecule has 1 heterocycles. The molecule has 1 aromatic heterocycles. The average molecular weight is 256 g/mol. The Balaban J connectivity index is 1.94. The van der Waals surface area contributed by atoms with E-state index in [9.17, 15) is 0 Å². The van der Waals surface area contributed by atoms with Gasteiger partial charge in [0.25, 0.3) is 0 Å². The molecule has 0 spiro atoms. The van der Waals surface area contributed by atoms with Gasteiger partial charge in [-0.3, -0.25) is 0 Å². The maximum absolute atomic E-state index is 5.84. The monoisotopic (exact) mass is 255 g/mol. The van der Waals surface area contributed by atoms with Crippen molar-refractivity contribution in [3.8, 4) is 0 Å². The molecule has 0 fully saturated rings.